The number of rotatable bonds is 7. The van der Waals surface area contributed by atoms with Crippen LogP contribution in [0.1, 0.15) is 6.92 Å². The zero-order chi connectivity index (χ0) is 15.8. The number of amides is 2. The lowest BCUT2D eigenvalue weighted by atomic mass is 10.1. The fourth-order valence-electron chi connectivity index (χ4n) is 1.60. The summed E-state index contributed by atoms with van der Waals surface area (Å²) in [7, 11) is 5.15. The molecule has 1 aromatic rings. The normalized spacial score (nSPS) is 11.1. The van der Waals surface area contributed by atoms with Gasteiger partial charge in [0.2, 0.25) is 5.91 Å². The number of likely N-dealkylation sites (N-methyl/N-ethyl adjacent to an activating group) is 1. The number of nitrogens with zero attached hydrogens (tertiary/aromatic N) is 1. The van der Waals surface area contributed by atoms with Gasteiger partial charge in [-0.2, -0.15) is 0 Å². The number of carbonyl (C=O) groups excluding carboxylic acids is 2. The fraction of sp³-hybridized carbons (Fsp3) is 0.467. The third-order valence-electron chi connectivity index (χ3n) is 2.92. The van der Waals surface area contributed by atoms with Crippen molar-refractivity contribution in [3.63, 3.8) is 0 Å². The highest BCUT2D eigenvalue weighted by Crippen LogP contribution is 2.18. The Bertz CT molecular complexity index is 495. The fourth-order valence-corrected chi connectivity index (χ4v) is 1.60. The molecule has 2 amide bonds. The quantitative estimate of drug-likeness (QED) is 0.792. The first-order valence-corrected chi connectivity index (χ1v) is 6.82. The number of halogens is 1. The molecule has 124 valence electrons. The molecule has 0 spiro atoms. The molecule has 1 rings (SSSR count). The second-order valence-corrected chi connectivity index (χ2v) is 5.05. The largest absolute Gasteiger partial charge is 0.484 e. The molecule has 0 aliphatic rings. The minimum atomic E-state index is -0.130. The van der Waals surface area contributed by atoms with Crippen LogP contribution < -0.4 is 15.4 Å². The van der Waals surface area contributed by atoms with E-state index in [9.17, 15) is 9.59 Å². The molecule has 1 atom stereocenters. The maximum absolute atomic E-state index is 11.9. The van der Waals surface area contributed by atoms with Crippen molar-refractivity contribution in [2.24, 2.45) is 5.92 Å². The van der Waals surface area contributed by atoms with Gasteiger partial charge in [0, 0.05) is 38.3 Å². The Morgan fingerprint density at radius 3 is 2.59 bits per heavy atom. The molecule has 0 aromatic heterocycles. The minimum absolute atomic E-state index is 0. The average molecular weight is 330 g/mol. The van der Waals surface area contributed by atoms with Gasteiger partial charge in [-0.3, -0.25) is 9.59 Å². The Kier molecular flexibility index (Phi) is 9.21. The van der Waals surface area contributed by atoms with Crippen molar-refractivity contribution in [3.05, 3.63) is 24.3 Å². The summed E-state index contributed by atoms with van der Waals surface area (Å²) in [5.74, 6) is 0.233. The molecule has 0 heterocycles. The van der Waals surface area contributed by atoms with Gasteiger partial charge in [0.05, 0.1) is 0 Å². The van der Waals surface area contributed by atoms with Crippen LogP contribution in [-0.2, 0) is 9.59 Å². The summed E-state index contributed by atoms with van der Waals surface area (Å²) < 4.78 is 5.40. The maximum atomic E-state index is 11.9. The predicted molar refractivity (Wildman–Crippen MR) is 89.6 cm³/mol. The highest BCUT2D eigenvalue weighted by atomic mass is 35.5. The van der Waals surface area contributed by atoms with Gasteiger partial charge < -0.3 is 20.3 Å². The maximum Gasteiger partial charge on any atom is 0.259 e. The molecule has 1 unspecified atom stereocenters. The van der Waals surface area contributed by atoms with Crippen LogP contribution >= 0.6 is 12.4 Å². The smallest absolute Gasteiger partial charge is 0.259 e. The number of hydrogen-bond donors (Lipinski definition) is 2. The lowest BCUT2D eigenvalue weighted by molar-refractivity contribution is -0.130. The van der Waals surface area contributed by atoms with Gasteiger partial charge in [0.15, 0.2) is 6.61 Å². The Labute approximate surface area is 137 Å². The van der Waals surface area contributed by atoms with Crippen molar-refractivity contribution in [3.8, 4) is 5.75 Å². The highest BCUT2D eigenvalue weighted by molar-refractivity contribution is 5.92. The SMILES string of the molecule is CNCC(C)C(=O)Nc1cccc(OCC(=O)N(C)C)c1.Cl. The molecule has 0 saturated heterocycles. The van der Waals surface area contributed by atoms with Crippen LogP contribution in [0.15, 0.2) is 24.3 Å². The van der Waals surface area contributed by atoms with Crippen molar-refractivity contribution in [2.45, 2.75) is 6.92 Å². The first kappa shape index (κ1) is 20.2. The van der Waals surface area contributed by atoms with Gasteiger partial charge in [-0.1, -0.05) is 13.0 Å². The molecule has 7 heteroatoms. The van der Waals surface area contributed by atoms with E-state index in [0.29, 0.717) is 18.0 Å². The molecule has 0 saturated carbocycles. The zero-order valence-electron chi connectivity index (χ0n) is 13.4. The van der Waals surface area contributed by atoms with Crippen LogP contribution in [0.5, 0.6) is 5.75 Å². The van der Waals surface area contributed by atoms with Gasteiger partial charge in [-0.25, -0.2) is 0 Å². The molecular weight excluding hydrogens is 306 g/mol. The molecular formula is C15H24ClN3O3. The van der Waals surface area contributed by atoms with Crippen molar-refractivity contribution in [1.82, 2.24) is 10.2 Å². The Morgan fingerprint density at radius 1 is 1.32 bits per heavy atom. The summed E-state index contributed by atoms with van der Waals surface area (Å²) in [5.41, 5.74) is 0.651. The Balaban J connectivity index is 0.00000441. The second kappa shape index (κ2) is 10.0. The van der Waals surface area contributed by atoms with E-state index in [-0.39, 0.29) is 36.7 Å². The van der Waals surface area contributed by atoms with Crippen molar-refractivity contribution < 1.29 is 14.3 Å². The molecule has 0 bridgehead atoms. The molecule has 0 aliphatic carbocycles. The minimum Gasteiger partial charge on any atom is -0.484 e. The van der Waals surface area contributed by atoms with Gasteiger partial charge in [-0.15, -0.1) is 12.4 Å². The standard InChI is InChI=1S/C15H23N3O3.ClH/c1-11(9-16-2)15(20)17-12-6-5-7-13(8-12)21-10-14(19)18(3)4;/h5-8,11,16H,9-10H2,1-4H3,(H,17,20);1H. The van der Waals surface area contributed by atoms with E-state index in [4.69, 9.17) is 4.74 Å². The van der Waals surface area contributed by atoms with Crippen molar-refractivity contribution >= 4 is 29.9 Å². The number of carbonyl (C=O) groups is 2. The van der Waals surface area contributed by atoms with Crippen molar-refractivity contribution in [1.29, 1.82) is 0 Å². The number of nitrogens with one attached hydrogen (secondary N) is 2. The number of ether oxygens (including phenoxy) is 1. The second-order valence-electron chi connectivity index (χ2n) is 5.05. The van der Waals surface area contributed by atoms with E-state index in [1.165, 1.54) is 4.90 Å². The predicted octanol–water partition coefficient (Wildman–Crippen LogP) is 1.37. The molecule has 22 heavy (non-hydrogen) atoms. The third kappa shape index (κ3) is 6.78. The summed E-state index contributed by atoms with van der Waals surface area (Å²) in [4.78, 5) is 24.8. The van der Waals surface area contributed by atoms with E-state index in [1.807, 2.05) is 6.92 Å². The first-order chi connectivity index (χ1) is 9.93. The molecule has 6 nitrogen and oxygen atoms in total. The molecule has 0 aliphatic heterocycles. The summed E-state index contributed by atoms with van der Waals surface area (Å²) in [6, 6.07) is 7.00. The van der Waals surface area contributed by atoms with Crippen LogP contribution in [-0.4, -0.2) is 51.0 Å². The zero-order valence-corrected chi connectivity index (χ0v) is 14.2. The lowest BCUT2D eigenvalue weighted by Gasteiger charge is -2.14. The van der Waals surface area contributed by atoms with Crippen LogP contribution in [0.25, 0.3) is 0 Å². The van der Waals surface area contributed by atoms with Crippen LogP contribution in [0.3, 0.4) is 0 Å². The van der Waals surface area contributed by atoms with Gasteiger partial charge in [0.25, 0.3) is 5.91 Å². The van der Waals surface area contributed by atoms with Gasteiger partial charge in [0.1, 0.15) is 5.75 Å². The average Bonchev–Trinajstić information content (AvgIpc) is 2.45. The van der Waals surface area contributed by atoms with Crippen LogP contribution in [0, 0.1) is 5.92 Å². The van der Waals surface area contributed by atoms with Gasteiger partial charge >= 0.3 is 0 Å². The number of hydrogen-bond acceptors (Lipinski definition) is 4. The van der Waals surface area contributed by atoms with E-state index >= 15 is 0 Å². The van der Waals surface area contributed by atoms with Crippen LogP contribution in [0.2, 0.25) is 0 Å². The van der Waals surface area contributed by atoms with E-state index in [2.05, 4.69) is 10.6 Å². The molecule has 1 aromatic carbocycles. The molecule has 0 fully saturated rings. The van der Waals surface area contributed by atoms with Crippen LogP contribution in [0.4, 0.5) is 5.69 Å². The number of benzene rings is 1. The lowest BCUT2D eigenvalue weighted by Crippen LogP contribution is -2.28. The summed E-state index contributed by atoms with van der Waals surface area (Å²) >= 11 is 0. The van der Waals surface area contributed by atoms with E-state index in [0.717, 1.165) is 0 Å². The monoisotopic (exact) mass is 329 g/mol. The van der Waals surface area contributed by atoms with Crippen molar-refractivity contribution in [2.75, 3.05) is 39.6 Å². The summed E-state index contributed by atoms with van der Waals surface area (Å²) in [6.07, 6.45) is 0. The first-order valence-electron chi connectivity index (χ1n) is 6.82. The van der Waals surface area contributed by atoms with E-state index in [1.54, 1.807) is 45.4 Å². The summed E-state index contributed by atoms with van der Waals surface area (Å²) in [5, 5.41) is 5.78. The van der Waals surface area contributed by atoms with Gasteiger partial charge in [-0.05, 0) is 19.2 Å². The Morgan fingerprint density at radius 2 is 2.00 bits per heavy atom. The Hall–Kier alpha value is -1.79. The number of anilines is 1. The molecule has 0 radical (unpaired) electrons. The summed E-state index contributed by atoms with van der Waals surface area (Å²) in [6.45, 7) is 2.43. The highest BCUT2D eigenvalue weighted by Gasteiger charge is 2.12. The topological polar surface area (TPSA) is 70.7 Å². The molecule has 2 N–H and O–H groups in total. The van der Waals surface area contributed by atoms with E-state index < -0.39 is 0 Å². The third-order valence-corrected chi connectivity index (χ3v) is 2.92.